The number of halogens is 1. The van der Waals surface area contributed by atoms with Gasteiger partial charge in [0.2, 0.25) is 0 Å². The van der Waals surface area contributed by atoms with E-state index in [0.29, 0.717) is 5.75 Å². The summed E-state index contributed by atoms with van der Waals surface area (Å²) in [7, 11) is 0. The highest BCUT2D eigenvalue weighted by Gasteiger charge is 2.47. The number of hydrogen-bond acceptors (Lipinski definition) is 14. The normalized spacial score (nSPS) is 14.8. The van der Waals surface area contributed by atoms with Crippen molar-refractivity contribution in [3.05, 3.63) is 17.8 Å². The molecule has 39 heavy (non-hydrogen) atoms. The molecule has 2 heterocycles. The molecule has 5 atom stereocenters. The van der Waals surface area contributed by atoms with E-state index < -0.39 is 66.2 Å². The summed E-state index contributed by atoms with van der Waals surface area (Å²) in [5.41, 5.74) is 0.538. The van der Waals surface area contributed by atoms with Crippen LogP contribution in [0.2, 0.25) is 5.15 Å². The minimum Gasteiger partial charge on any atom is -0.462 e. The Kier molecular flexibility index (Phi) is 11.9. The summed E-state index contributed by atoms with van der Waals surface area (Å²) in [4.78, 5) is 72.7. The second-order valence-electron chi connectivity index (χ2n) is 8.01. The van der Waals surface area contributed by atoms with Crippen LogP contribution < -0.4 is 0 Å². The van der Waals surface area contributed by atoms with Crippen LogP contribution in [-0.2, 0) is 47.7 Å². The van der Waals surface area contributed by atoms with E-state index in [9.17, 15) is 24.0 Å². The van der Waals surface area contributed by atoms with Crippen molar-refractivity contribution in [1.29, 1.82) is 0 Å². The van der Waals surface area contributed by atoms with Gasteiger partial charge in [0.05, 0.1) is 6.33 Å². The average Bonchev–Trinajstić information content (AvgIpc) is 3.26. The zero-order chi connectivity index (χ0) is 29.3. The molecule has 0 aliphatic rings. The number of hydrogen-bond donors (Lipinski definition) is 0. The molecule has 0 saturated heterocycles. The Morgan fingerprint density at radius 1 is 0.821 bits per heavy atom. The number of carbonyl (C=O) groups excluding carboxylic acids is 5. The van der Waals surface area contributed by atoms with Crippen molar-refractivity contribution in [1.82, 2.24) is 19.5 Å². The lowest BCUT2D eigenvalue weighted by atomic mass is 10.0. The summed E-state index contributed by atoms with van der Waals surface area (Å²) < 4.78 is 28.6. The van der Waals surface area contributed by atoms with Gasteiger partial charge < -0.3 is 23.7 Å². The highest BCUT2D eigenvalue weighted by molar-refractivity contribution is 7.99. The van der Waals surface area contributed by atoms with Crippen molar-refractivity contribution in [3.8, 4) is 0 Å². The molecular formula is C23H29ClN4O10S. The molecule has 0 fully saturated rings. The Balaban J connectivity index is 2.76. The number of thioether (sulfide) groups is 1. The molecule has 0 unspecified atom stereocenters. The molecule has 0 spiro atoms. The number of ether oxygens (including phenoxy) is 5. The van der Waals surface area contributed by atoms with Crippen LogP contribution >= 0.6 is 23.4 Å². The van der Waals surface area contributed by atoms with E-state index in [2.05, 4.69) is 15.0 Å². The molecule has 14 nitrogen and oxygen atoms in total. The van der Waals surface area contributed by atoms with Gasteiger partial charge in [-0.2, -0.15) is 0 Å². The van der Waals surface area contributed by atoms with E-state index >= 15 is 0 Å². The van der Waals surface area contributed by atoms with Crippen molar-refractivity contribution in [2.75, 3.05) is 12.4 Å². The molecule has 0 amide bonds. The lowest BCUT2D eigenvalue weighted by Crippen LogP contribution is -2.54. The number of carbonyl (C=O) groups is 5. The van der Waals surface area contributed by atoms with Gasteiger partial charge >= 0.3 is 29.8 Å². The zero-order valence-electron chi connectivity index (χ0n) is 22.1. The summed E-state index contributed by atoms with van der Waals surface area (Å²) in [6.07, 6.45) is -3.34. The van der Waals surface area contributed by atoms with Crippen molar-refractivity contribution in [2.24, 2.45) is 0 Å². The third-order valence-corrected chi connectivity index (χ3v) is 6.34. The predicted molar refractivity (Wildman–Crippen MR) is 136 cm³/mol. The number of esters is 5. The Morgan fingerprint density at radius 2 is 1.38 bits per heavy atom. The average molecular weight is 589 g/mol. The fourth-order valence-corrected chi connectivity index (χ4v) is 4.89. The van der Waals surface area contributed by atoms with Crippen LogP contribution in [0.25, 0.3) is 11.2 Å². The molecule has 0 saturated carbocycles. The number of rotatable bonds is 13. The van der Waals surface area contributed by atoms with Crippen molar-refractivity contribution < 1.29 is 47.7 Å². The Bertz CT molecular complexity index is 1210. The maximum Gasteiger partial charge on any atom is 0.303 e. The highest BCUT2D eigenvalue weighted by Crippen LogP contribution is 2.36. The van der Waals surface area contributed by atoms with Gasteiger partial charge in [0.25, 0.3) is 0 Å². The van der Waals surface area contributed by atoms with Crippen LogP contribution in [-0.4, -0.2) is 86.1 Å². The monoisotopic (exact) mass is 588 g/mol. The van der Waals surface area contributed by atoms with Gasteiger partial charge in [0.1, 0.15) is 23.8 Å². The number of fused-ring (bicyclic) bond motifs is 1. The molecule has 0 aromatic carbocycles. The van der Waals surface area contributed by atoms with E-state index in [1.807, 2.05) is 6.92 Å². The molecule has 0 radical (unpaired) electrons. The minimum atomic E-state index is -1.58. The summed E-state index contributed by atoms with van der Waals surface area (Å²) >= 11 is 7.43. The SMILES string of the molecule is CCS[C@@H]([C@@H](OC(C)=O)[C@H](OC(C)=O)[C@H](OC(C)=O)[C@@H](COC(C)=O)OC(C)=O)n1cnc2c(Cl)ncnc21. The molecule has 0 bridgehead atoms. The Labute approximate surface area is 233 Å². The number of aromatic nitrogens is 4. The van der Waals surface area contributed by atoms with Gasteiger partial charge in [-0.05, 0) is 5.75 Å². The molecule has 0 aliphatic carbocycles. The first-order valence-electron chi connectivity index (χ1n) is 11.6. The van der Waals surface area contributed by atoms with Crippen LogP contribution in [0, 0.1) is 0 Å². The third kappa shape index (κ3) is 9.06. The molecule has 16 heteroatoms. The summed E-state index contributed by atoms with van der Waals surface area (Å²) in [6, 6.07) is 0. The number of nitrogens with zero attached hydrogens (tertiary/aromatic N) is 4. The van der Waals surface area contributed by atoms with Crippen molar-refractivity contribution >= 4 is 64.4 Å². The molecule has 214 valence electrons. The first kappa shape index (κ1) is 31.8. The van der Waals surface area contributed by atoms with Crippen LogP contribution in [0.1, 0.15) is 46.9 Å². The standard InChI is InChI=1S/C23H29ClN4O10S/c1-7-39-23(28-10-27-17-21(24)25-9-26-22(17)28)20(38-15(6)33)19(37-14(5)32)18(36-13(4)31)16(35-12(3)30)8-34-11(2)29/h9-10,16,18-20,23H,7-8H2,1-6H3/t16-,18-,19-,20+,23+/m1/s1. The van der Waals surface area contributed by atoms with Crippen LogP contribution in [0.5, 0.6) is 0 Å². The quantitative estimate of drug-likeness (QED) is 0.189. The topological polar surface area (TPSA) is 175 Å². The van der Waals surface area contributed by atoms with Gasteiger partial charge in [-0.1, -0.05) is 18.5 Å². The molecule has 0 N–H and O–H groups in total. The van der Waals surface area contributed by atoms with Crippen LogP contribution in [0.3, 0.4) is 0 Å². The predicted octanol–water partition coefficient (Wildman–Crippen LogP) is 2.02. The summed E-state index contributed by atoms with van der Waals surface area (Å²) in [6.45, 7) is 6.80. The molecule has 2 aromatic rings. The zero-order valence-corrected chi connectivity index (χ0v) is 23.7. The maximum atomic E-state index is 12.3. The van der Waals surface area contributed by atoms with Gasteiger partial charge in [-0.3, -0.25) is 28.5 Å². The van der Waals surface area contributed by atoms with Crippen LogP contribution in [0.4, 0.5) is 0 Å². The molecule has 2 rings (SSSR count). The van der Waals surface area contributed by atoms with Gasteiger partial charge in [-0.25, -0.2) is 15.0 Å². The first-order chi connectivity index (χ1) is 18.3. The molecule has 0 aliphatic heterocycles. The van der Waals surface area contributed by atoms with E-state index in [4.69, 9.17) is 35.3 Å². The van der Waals surface area contributed by atoms with E-state index in [1.54, 1.807) is 4.57 Å². The first-order valence-corrected chi connectivity index (χ1v) is 13.0. The Hall–Kier alpha value is -3.46. The van der Waals surface area contributed by atoms with Gasteiger partial charge in [-0.15, -0.1) is 11.8 Å². The molecular weight excluding hydrogens is 560 g/mol. The van der Waals surface area contributed by atoms with Crippen molar-refractivity contribution in [2.45, 2.75) is 71.3 Å². The fourth-order valence-electron chi connectivity index (χ4n) is 3.66. The fraction of sp³-hybridized carbons (Fsp3) is 0.565. The largest absolute Gasteiger partial charge is 0.462 e. The smallest absolute Gasteiger partial charge is 0.303 e. The molecule has 2 aromatic heterocycles. The minimum absolute atomic E-state index is 0.0775. The Morgan fingerprint density at radius 3 is 1.92 bits per heavy atom. The van der Waals surface area contributed by atoms with Gasteiger partial charge in [0, 0.05) is 34.6 Å². The summed E-state index contributed by atoms with van der Waals surface area (Å²) in [5.74, 6) is -3.49. The second kappa shape index (κ2) is 14.6. The van der Waals surface area contributed by atoms with E-state index in [0.717, 1.165) is 34.6 Å². The second-order valence-corrected chi connectivity index (χ2v) is 9.76. The number of imidazole rings is 1. The van der Waals surface area contributed by atoms with Gasteiger partial charge in [0.15, 0.2) is 35.2 Å². The summed E-state index contributed by atoms with van der Waals surface area (Å²) in [5, 5.41) is -0.808. The lowest BCUT2D eigenvalue weighted by molar-refractivity contribution is -0.203. The third-order valence-electron chi connectivity index (χ3n) is 4.90. The lowest BCUT2D eigenvalue weighted by Gasteiger charge is -2.38. The van der Waals surface area contributed by atoms with Crippen LogP contribution in [0.15, 0.2) is 12.7 Å². The van der Waals surface area contributed by atoms with Crippen molar-refractivity contribution in [3.63, 3.8) is 0 Å². The van der Waals surface area contributed by atoms with E-state index in [-0.39, 0.29) is 16.3 Å². The highest BCUT2D eigenvalue weighted by atomic mass is 35.5. The van der Waals surface area contributed by atoms with E-state index in [1.165, 1.54) is 24.4 Å². The maximum absolute atomic E-state index is 12.3.